The lowest BCUT2D eigenvalue weighted by Crippen LogP contribution is -2.28. The molecule has 0 saturated heterocycles. The SMILES string of the molecule is O=COc1cc(OC(=O)C2CCC2)c(OC(=O)C2CCC2)cc1OC(=O)C1CCC1. The zero-order valence-electron chi connectivity index (χ0n) is 16.6. The molecule has 0 unspecified atom stereocenters. The largest absolute Gasteiger partial charge is 0.425 e. The van der Waals surface area contributed by atoms with Crippen molar-refractivity contribution in [3.05, 3.63) is 12.1 Å². The molecule has 160 valence electrons. The summed E-state index contributed by atoms with van der Waals surface area (Å²) in [6.07, 6.45) is 7.32. The van der Waals surface area contributed by atoms with E-state index in [1.165, 1.54) is 12.1 Å². The van der Waals surface area contributed by atoms with Crippen LogP contribution in [0.25, 0.3) is 0 Å². The molecule has 8 heteroatoms. The monoisotopic (exact) mass is 416 g/mol. The van der Waals surface area contributed by atoms with E-state index in [1.807, 2.05) is 0 Å². The Morgan fingerprint density at radius 2 is 0.967 bits per heavy atom. The normalized spacial score (nSPS) is 18.9. The van der Waals surface area contributed by atoms with Crippen LogP contribution in [0, 0.1) is 17.8 Å². The lowest BCUT2D eigenvalue weighted by atomic mass is 9.85. The first-order valence-electron chi connectivity index (χ1n) is 10.5. The maximum absolute atomic E-state index is 12.4. The van der Waals surface area contributed by atoms with Crippen molar-refractivity contribution in [1.82, 2.24) is 0 Å². The second-order valence-electron chi connectivity index (χ2n) is 8.11. The molecule has 0 aromatic heterocycles. The number of esters is 3. The summed E-state index contributed by atoms with van der Waals surface area (Å²) < 4.78 is 21.3. The van der Waals surface area contributed by atoms with Crippen LogP contribution in [0.5, 0.6) is 23.0 Å². The Bertz CT molecular complexity index is 849. The highest BCUT2D eigenvalue weighted by Crippen LogP contribution is 2.42. The van der Waals surface area contributed by atoms with Gasteiger partial charge in [-0.2, -0.15) is 0 Å². The Kier molecular flexibility index (Phi) is 6.01. The van der Waals surface area contributed by atoms with E-state index in [0.717, 1.165) is 57.8 Å². The summed E-state index contributed by atoms with van der Waals surface area (Å²) in [6.45, 7) is 0.188. The summed E-state index contributed by atoms with van der Waals surface area (Å²) in [4.78, 5) is 48.0. The molecule has 4 rings (SSSR count). The summed E-state index contributed by atoms with van der Waals surface area (Å²) >= 11 is 0. The highest BCUT2D eigenvalue weighted by Gasteiger charge is 2.32. The molecule has 30 heavy (non-hydrogen) atoms. The lowest BCUT2D eigenvalue weighted by Gasteiger charge is -2.26. The van der Waals surface area contributed by atoms with Gasteiger partial charge >= 0.3 is 17.9 Å². The summed E-state index contributed by atoms with van der Waals surface area (Å²) in [5.74, 6) is -2.12. The van der Waals surface area contributed by atoms with Gasteiger partial charge in [0.15, 0.2) is 23.0 Å². The average molecular weight is 416 g/mol. The Balaban J connectivity index is 1.61. The fraction of sp³-hybridized carbons (Fsp3) is 0.545. The molecule has 0 heterocycles. The standard InChI is InChI=1S/C22H24O8/c23-12-27-16-10-18(29-21(25)14-6-2-7-14)19(30-22(26)15-8-3-9-15)11-17(16)28-20(24)13-4-1-5-13/h10-15H,1-9H2. The van der Waals surface area contributed by atoms with E-state index in [9.17, 15) is 19.2 Å². The minimum Gasteiger partial charge on any atom is -0.425 e. The highest BCUT2D eigenvalue weighted by molar-refractivity contribution is 5.81. The first-order chi connectivity index (χ1) is 14.5. The Hall–Kier alpha value is -2.90. The topological polar surface area (TPSA) is 105 Å². The van der Waals surface area contributed by atoms with E-state index < -0.39 is 17.9 Å². The number of benzene rings is 1. The number of carbonyl (C=O) groups excluding carboxylic acids is 4. The van der Waals surface area contributed by atoms with Crippen LogP contribution in [0.4, 0.5) is 0 Å². The van der Waals surface area contributed by atoms with Gasteiger partial charge in [0.2, 0.25) is 0 Å². The zero-order valence-corrected chi connectivity index (χ0v) is 16.6. The maximum Gasteiger partial charge on any atom is 0.314 e. The van der Waals surface area contributed by atoms with Crippen molar-refractivity contribution in [2.24, 2.45) is 17.8 Å². The van der Waals surface area contributed by atoms with Gasteiger partial charge in [0.1, 0.15) is 0 Å². The quantitative estimate of drug-likeness (QED) is 0.361. The van der Waals surface area contributed by atoms with Gasteiger partial charge in [0.05, 0.1) is 17.8 Å². The van der Waals surface area contributed by atoms with Crippen LogP contribution in [0.15, 0.2) is 12.1 Å². The second kappa shape index (κ2) is 8.85. The van der Waals surface area contributed by atoms with E-state index >= 15 is 0 Å². The van der Waals surface area contributed by atoms with Gasteiger partial charge in [0, 0.05) is 12.1 Å². The van der Waals surface area contributed by atoms with Crippen LogP contribution in [0.3, 0.4) is 0 Å². The van der Waals surface area contributed by atoms with Gasteiger partial charge in [-0.1, -0.05) is 19.3 Å². The molecule has 0 spiro atoms. The van der Waals surface area contributed by atoms with Gasteiger partial charge in [-0.25, -0.2) is 0 Å². The number of carbonyl (C=O) groups is 4. The molecule has 3 saturated carbocycles. The molecule has 1 aromatic rings. The van der Waals surface area contributed by atoms with E-state index in [2.05, 4.69) is 0 Å². The van der Waals surface area contributed by atoms with Crippen LogP contribution >= 0.6 is 0 Å². The smallest absolute Gasteiger partial charge is 0.314 e. The molecule has 3 fully saturated rings. The molecule has 0 atom stereocenters. The average Bonchev–Trinajstić information content (AvgIpc) is 2.53. The Labute approximate surface area is 173 Å². The summed E-state index contributed by atoms with van der Waals surface area (Å²) in [6, 6.07) is 2.52. The summed E-state index contributed by atoms with van der Waals surface area (Å²) in [5, 5.41) is 0. The first kappa shape index (κ1) is 20.4. The molecular formula is C22H24O8. The molecule has 3 aliphatic carbocycles. The van der Waals surface area contributed by atoms with Gasteiger partial charge in [-0.15, -0.1) is 0 Å². The molecule has 8 nitrogen and oxygen atoms in total. The molecule has 3 aliphatic rings. The second-order valence-corrected chi connectivity index (χ2v) is 8.11. The number of hydrogen-bond acceptors (Lipinski definition) is 8. The van der Waals surface area contributed by atoms with Crippen LogP contribution in [-0.4, -0.2) is 24.4 Å². The highest BCUT2D eigenvalue weighted by atomic mass is 16.6. The summed E-state index contributed by atoms with van der Waals surface area (Å²) in [7, 11) is 0. The Morgan fingerprint density at radius 3 is 1.27 bits per heavy atom. The van der Waals surface area contributed by atoms with E-state index in [0.29, 0.717) is 0 Å². The van der Waals surface area contributed by atoms with Crippen molar-refractivity contribution in [1.29, 1.82) is 0 Å². The van der Waals surface area contributed by atoms with Gasteiger partial charge < -0.3 is 18.9 Å². The predicted molar refractivity (Wildman–Crippen MR) is 102 cm³/mol. The van der Waals surface area contributed by atoms with Gasteiger partial charge in [-0.05, 0) is 38.5 Å². The number of ether oxygens (including phenoxy) is 4. The van der Waals surface area contributed by atoms with Gasteiger partial charge in [-0.3, -0.25) is 19.2 Å². The fourth-order valence-corrected chi connectivity index (χ4v) is 3.41. The minimum atomic E-state index is -0.438. The van der Waals surface area contributed by atoms with Crippen molar-refractivity contribution in [2.45, 2.75) is 57.8 Å². The molecule has 0 amide bonds. The van der Waals surface area contributed by atoms with Gasteiger partial charge in [0.25, 0.3) is 6.47 Å². The number of rotatable bonds is 8. The number of hydrogen-bond donors (Lipinski definition) is 0. The third kappa shape index (κ3) is 4.32. The van der Waals surface area contributed by atoms with Crippen molar-refractivity contribution < 1.29 is 38.1 Å². The first-order valence-corrected chi connectivity index (χ1v) is 10.5. The van der Waals surface area contributed by atoms with Crippen LogP contribution in [-0.2, 0) is 19.2 Å². The van der Waals surface area contributed by atoms with Crippen LogP contribution < -0.4 is 18.9 Å². The fourth-order valence-electron chi connectivity index (χ4n) is 3.41. The van der Waals surface area contributed by atoms with E-state index in [1.54, 1.807) is 0 Å². The van der Waals surface area contributed by atoms with E-state index in [-0.39, 0.29) is 47.2 Å². The Morgan fingerprint density at radius 1 is 0.633 bits per heavy atom. The molecular weight excluding hydrogens is 392 g/mol. The third-order valence-electron chi connectivity index (χ3n) is 6.13. The molecule has 0 bridgehead atoms. The summed E-state index contributed by atoms with van der Waals surface area (Å²) in [5.41, 5.74) is 0. The van der Waals surface area contributed by atoms with Crippen molar-refractivity contribution in [3.8, 4) is 23.0 Å². The van der Waals surface area contributed by atoms with Crippen molar-refractivity contribution in [3.63, 3.8) is 0 Å². The zero-order chi connectivity index (χ0) is 21.1. The van der Waals surface area contributed by atoms with E-state index in [4.69, 9.17) is 18.9 Å². The molecule has 1 aromatic carbocycles. The maximum atomic E-state index is 12.4. The van der Waals surface area contributed by atoms with Crippen LogP contribution in [0.1, 0.15) is 57.8 Å². The lowest BCUT2D eigenvalue weighted by molar-refractivity contribution is -0.144. The molecule has 0 radical (unpaired) electrons. The molecule has 0 N–H and O–H groups in total. The molecule has 0 aliphatic heterocycles. The minimum absolute atomic E-state index is 0.0331. The third-order valence-corrected chi connectivity index (χ3v) is 6.13. The van der Waals surface area contributed by atoms with Crippen LogP contribution in [0.2, 0.25) is 0 Å². The van der Waals surface area contributed by atoms with Crippen molar-refractivity contribution >= 4 is 24.4 Å². The van der Waals surface area contributed by atoms with Crippen molar-refractivity contribution in [2.75, 3.05) is 0 Å². The predicted octanol–water partition coefficient (Wildman–Crippen LogP) is 3.34.